The summed E-state index contributed by atoms with van der Waals surface area (Å²) in [7, 11) is 1.99. The molecule has 10 heteroatoms. The molecule has 0 bridgehead atoms. The van der Waals surface area contributed by atoms with E-state index in [1.165, 1.54) is 5.56 Å². The highest BCUT2D eigenvalue weighted by Gasteiger charge is 2.24. The average molecular weight is 492 g/mol. The van der Waals surface area contributed by atoms with Gasteiger partial charge in [0.15, 0.2) is 0 Å². The molecule has 2 unspecified atom stereocenters. The van der Waals surface area contributed by atoms with E-state index >= 15 is 0 Å². The molecular formula is C26H37N9O. The number of hydrogen-bond donors (Lipinski definition) is 4. The maximum absolute atomic E-state index is 9.81. The van der Waals surface area contributed by atoms with Crippen molar-refractivity contribution in [1.29, 1.82) is 0 Å². The molecule has 1 aliphatic rings. The number of aliphatic hydroxyl groups excluding tert-OH is 1. The van der Waals surface area contributed by atoms with E-state index in [0.29, 0.717) is 29.3 Å². The number of hydrogen-bond acceptors (Lipinski definition) is 10. The zero-order chi connectivity index (χ0) is 25.7. The molecule has 1 aliphatic heterocycles. The topological polar surface area (TPSA) is 128 Å². The van der Waals surface area contributed by atoms with E-state index in [1.54, 1.807) is 0 Å². The monoisotopic (exact) mass is 491 g/mol. The number of pyridine rings is 1. The van der Waals surface area contributed by atoms with Crippen molar-refractivity contribution in [3.63, 3.8) is 0 Å². The molecule has 2 atom stereocenters. The van der Waals surface area contributed by atoms with Crippen LogP contribution < -0.4 is 21.3 Å². The van der Waals surface area contributed by atoms with E-state index in [1.807, 2.05) is 49.5 Å². The predicted octanol–water partition coefficient (Wildman–Crippen LogP) is 3.05. The van der Waals surface area contributed by atoms with Crippen LogP contribution in [-0.4, -0.2) is 62.7 Å². The van der Waals surface area contributed by atoms with Crippen LogP contribution in [0.4, 0.5) is 23.5 Å². The van der Waals surface area contributed by atoms with Crippen molar-refractivity contribution < 1.29 is 5.11 Å². The minimum absolute atomic E-state index is 0.239. The van der Waals surface area contributed by atoms with Gasteiger partial charge in [0.05, 0.1) is 0 Å². The van der Waals surface area contributed by atoms with Crippen LogP contribution in [0.5, 0.6) is 0 Å². The highest BCUT2D eigenvalue weighted by Crippen LogP contribution is 2.24. The standard InChI is InChI=1S/C26H37N9O/c1-17(2)14-34(4)26-32-24(29-21-9-12-35(16-21)15-19-7-10-28-11-8-19)31-25(33-26)30-22-13-20(23(27)36)6-5-18(22)3/h5-8,10-11,13,17,21,23,36H,9,12,14-16,27H2,1-4H3,(H2,29,30,31,32,33). The lowest BCUT2D eigenvalue weighted by molar-refractivity contribution is 0.186. The van der Waals surface area contributed by atoms with Gasteiger partial charge in [-0.15, -0.1) is 0 Å². The Bertz CT molecular complexity index is 1140. The zero-order valence-electron chi connectivity index (χ0n) is 21.5. The second-order valence-corrected chi connectivity index (χ2v) is 9.92. The molecule has 10 nitrogen and oxygen atoms in total. The number of benzene rings is 1. The summed E-state index contributed by atoms with van der Waals surface area (Å²) in [5.74, 6) is 2.04. The largest absolute Gasteiger partial charge is 0.375 e. The fraction of sp³-hybridized carbons (Fsp3) is 0.462. The second kappa shape index (κ2) is 11.6. The van der Waals surface area contributed by atoms with Gasteiger partial charge in [-0.25, -0.2) is 0 Å². The molecule has 0 aliphatic carbocycles. The fourth-order valence-electron chi connectivity index (χ4n) is 4.39. The number of likely N-dealkylation sites (tertiary alicyclic amines) is 1. The van der Waals surface area contributed by atoms with Crippen LogP contribution >= 0.6 is 0 Å². The molecule has 192 valence electrons. The Morgan fingerprint density at radius 1 is 1.14 bits per heavy atom. The number of nitrogens with two attached hydrogens (primary N) is 1. The van der Waals surface area contributed by atoms with Gasteiger partial charge in [0.2, 0.25) is 17.8 Å². The van der Waals surface area contributed by atoms with Crippen molar-refractivity contribution in [2.24, 2.45) is 11.7 Å². The van der Waals surface area contributed by atoms with Gasteiger partial charge in [0.25, 0.3) is 0 Å². The Balaban J connectivity index is 1.53. The van der Waals surface area contributed by atoms with Crippen molar-refractivity contribution in [2.45, 2.75) is 46.0 Å². The molecule has 2 aromatic heterocycles. The number of anilines is 4. The summed E-state index contributed by atoms with van der Waals surface area (Å²) in [6.45, 7) is 9.94. The molecule has 1 saturated heterocycles. The molecule has 1 aromatic carbocycles. The first-order chi connectivity index (χ1) is 17.3. The van der Waals surface area contributed by atoms with Crippen molar-refractivity contribution in [3.05, 3.63) is 59.4 Å². The molecule has 5 N–H and O–H groups in total. The lowest BCUT2D eigenvalue weighted by atomic mass is 10.1. The van der Waals surface area contributed by atoms with Crippen molar-refractivity contribution in [3.8, 4) is 0 Å². The number of nitrogens with zero attached hydrogens (tertiary/aromatic N) is 6. The van der Waals surface area contributed by atoms with Crippen molar-refractivity contribution in [2.75, 3.05) is 42.2 Å². The smallest absolute Gasteiger partial charge is 0.233 e. The summed E-state index contributed by atoms with van der Waals surface area (Å²) in [5.41, 5.74) is 9.33. The molecule has 0 saturated carbocycles. The Hall–Kier alpha value is -3.34. The molecule has 3 aromatic rings. The fourth-order valence-corrected chi connectivity index (χ4v) is 4.39. The van der Waals surface area contributed by atoms with E-state index in [-0.39, 0.29) is 6.04 Å². The van der Waals surface area contributed by atoms with E-state index in [0.717, 1.165) is 43.9 Å². The Morgan fingerprint density at radius 2 is 1.89 bits per heavy atom. The number of rotatable bonds is 10. The number of aliphatic hydroxyl groups is 1. The molecule has 0 amide bonds. The van der Waals surface area contributed by atoms with Gasteiger partial charge >= 0.3 is 0 Å². The molecule has 0 spiro atoms. The first-order valence-electron chi connectivity index (χ1n) is 12.4. The third kappa shape index (κ3) is 6.87. The third-order valence-corrected chi connectivity index (χ3v) is 6.21. The minimum atomic E-state index is -1.05. The number of aromatic nitrogens is 4. The predicted molar refractivity (Wildman–Crippen MR) is 143 cm³/mol. The highest BCUT2D eigenvalue weighted by molar-refractivity contribution is 5.61. The normalized spacial score (nSPS) is 16.8. The summed E-state index contributed by atoms with van der Waals surface area (Å²) in [4.78, 5) is 22.7. The number of aryl methyl sites for hydroxylation is 1. The third-order valence-electron chi connectivity index (χ3n) is 6.21. The van der Waals surface area contributed by atoms with E-state index < -0.39 is 6.23 Å². The molecule has 1 fully saturated rings. The van der Waals surface area contributed by atoms with Crippen molar-refractivity contribution >= 4 is 23.5 Å². The summed E-state index contributed by atoms with van der Waals surface area (Å²) in [6.07, 6.45) is 3.63. The van der Waals surface area contributed by atoms with E-state index in [9.17, 15) is 5.11 Å². The lowest BCUT2D eigenvalue weighted by Gasteiger charge is -2.22. The van der Waals surface area contributed by atoms with E-state index in [2.05, 4.69) is 56.5 Å². The summed E-state index contributed by atoms with van der Waals surface area (Å²) < 4.78 is 0. The lowest BCUT2D eigenvalue weighted by Crippen LogP contribution is -2.28. The Labute approximate surface area is 213 Å². The van der Waals surface area contributed by atoms with Gasteiger partial charge in [-0.2, -0.15) is 15.0 Å². The maximum atomic E-state index is 9.81. The summed E-state index contributed by atoms with van der Waals surface area (Å²) in [6, 6.07) is 9.90. The van der Waals surface area contributed by atoms with E-state index in [4.69, 9.17) is 10.7 Å². The number of nitrogens with one attached hydrogen (secondary N) is 2. The van der Waals surface area contributed by atoms with Crippen LogP contribution in [0, 0.1) is 12.8 Å². The first kappa shape index (κ1) is 25.7. The summed E-state index contributed by atoms with van der Waals surface area (Å²) in [5, 5.41) is 16.7. The van der Waals surface area contributed by atoms with Crippen LogP contribution in [0.25, 0.3) is 0 Å². The second-order valence-electron chi connectivity index (χ2n) is 9.92. The first-order valence-corrected chi connectivity index (χ1v) is 12.4. The SMILES string of the molecule is Cc1ccc(C(N)O)cc1Nc1nc(NC2CCN(Cc3ccncc3)C2)nc(N(C)CC(C)C)n1. The van der Waals surface area contributed by atoms with Gasteiger partial charge in [-0.1, -0.05) is 26.0 Å². The molecular weight excluding hydrogens is 454 g/mol. The average Bonchev–Trinajstić information content (AvgIpc) is 3.27. The highest BCUT2D eigenvalue weighted by atomic mass is 16.3. The quantitative estimate of drug-likeness (QED) is 0.314. The van der Waals surface area contributed by atoms with Crippen LogP contribution in [-0.2, 0) is 6.54 Å². The molecule has 4 rings (SSSR count). The van der Waals surface area contributed by atoms with Crippen LogP contribution in [0.1, 0.15) is 43.2 Å². The molecule has 3 heterocycles. The van der Waals surface area contributed by atoms with Gasteiger partial charge in [-0.05, 0) is 54.2 Å². The van der Waals surface area contributed by atoms with Gasteiger partial charge < -0.3 is 26.4 Å². The van der Waals surface area contributed by atoms with Crippen LogP contribution in [0.3, 0.4) is 0 Å². The van der Waals surface area contributed by atoms with Crippen LogP contribution in [0.2, 0.25) is 0 Å². The van der Waals surface area contributed by atoms with Crippen molar-refractivity contribution in [1.82, 2.24) is 24.8 Å². The Morgan fingerprint density at radius 3 is 2.61 bits per heavy atom. The molecule has 0 radical (unpaired) electrons. The Kier molecular flexibility index (Phi) is 8.29. The minimum Gasteiger partial charge on any atom is -0.375 e. The van der Waals surface area contributed by atoms with Gasteiger partial charge in [-0.3, -0.25) is 9.88 Å². The van der Waals surface area contributed by atoms with Crippen LogP contribution in [0.15, 0.2) is 42.7 Å². The van der Waals surface area contributed by atoms with Gasteiger partial charge in [0.1, 0.15) is 6.23 Å². The summed E-state index contributed by atoms with van der Waals surface area (Å²) >= 11 is 0. The zero-order valence-corrected chi connectivity index (χ0v) is 21.5. The maximum Gasteiger partial charge on any atom is 0.233 e. The molecule has 36 heavy (non-hydrogen) atoms. The van der Waals surface area contributed by atoms with Gasteiger partial charge in [0, 0.05) is 57.3 Å².